The average molecular weight is 287 g/mol. The van der Waals surface area contributed by atoms with Crippen LogP contribution in [0.25, 0.3) is 0 Å². The Morgan fingerprint density at radius 1 is 0.684 bits per heavy atom. The topological polar surface area (TPSA) is 43.9 Å². The molecule has 2 aliphatic heterocycles. The molecular formula is C13H25N3O2S. The van der Waals surface area contributed by atoms with Crippen molar-refractivity contribution in [2.75, 3.05) is 39.3 Å². The van der Waals surface area contributed by atoms with E-state index in [4.69, 9.17) is 0 Å². The average Bonchev–Trinajstić information content (AvgIpc) is 3.12. The van der Waals surface area contributed by atoms with Crippen molar-refractivity contribution in [2.24, 2.45) is 0 Å². The Hall–Kier alpha value is -0.170. The molecule has 3 rings (SSSR count). The molecule has 1 aliphatic carbocycles. The molecule has 0 bridgehead atoms. The zero-order valence-corrected chi connectivity index (χ0v) is 12.4. The maximum Gasteiger partial charge on any atom is 0.282 e. The monoisotopic (exact) mass is 287 g/mol. The minimum Gasteiger partial charge on any atom is -0.298 e. The summed E-state index contributed by atoms with van der Waals surface area (Å²) in [4.78, 5) is 2.50. The van der Waals surface area contributed by atoms with Crippen molar-refractivity contribution in [1.29, 1.82) is 0 Å². The summed E-state index contributed by atoms with van der Waals surface area (Å²) in [5.41, 5.74) is 0. The summed E-state index contributed by atoms with van der Waals surface area (Å²) in [6.45, 7) is 4.61. The fraction of sp³-hybridized carbons (Fsp3) is 1.00. The van der Waals surface area contributed by atoms with Gasteiger partial charge in [-0.3, -0.25) is 4.90 Å². The lowest BCUT2D eigenvalue weighted by Crippen LogP contribution is -2.54. The number of rotatable bonds is 3. The van der Waals surface area contributed by atoms with Crippen LogP contribution in [0.15, 0.2) is 0 Å². The van der Waals surface area contributed by atoms with Gasteiger partial charge < -0.3 is 0 Å². The Morgan fingerprint density at radius 2 is 1.21 bits per heavy atom. The molecule has 3 aliphatic rings. The first kappa shape index (κ1) is 13.8. The molecule has 0 radical (unpaired) electrons. The van der Waals surface area contributed by atoms with E-state index < -0.39 is 10.2 Å². The number of hydrogen-bond donors (Lipinski definition) is 0. The number of piperazine rings is 1. The van der Waals surface area contributed by atoms with E-state index in [-0.39, 0.29) is 0 Å². The number of hydrogen-bond acceptors (Lipinski definition) is 3. The fourth-order valence-electron chi connectivity index (χ4n) is 3.65. The third-order valence-corrected chi connectivity index (χ3v) is 6.87. The highest BCUT2D eigenvalue weighted by molar-refractivity contribution is 7.86. The van der Waals surface area contributed by atoms with Crippen LogP contribution in [0.5, 0.6) is 0 Å². The van der Waals surface area contributed by atoms with E-state index in [0.29, 0.717) is 26.2 Å². The van der Waals surface area contributed by atoms with Gasteiger partial charge in [0.25, 0.3) is 10.2 Å². The second kappa shape index (κ2) is 5.68. The minimum absolute atomic E-state index is 0.676. The van der Waals surface area contributed by atoms with Crippen LogP contribution in [0.1, 0.15) is 38.5 Å². The summed E-state index contributed by atoms with van der Waals surface area (Å²) in [7, 11) is -3.17. The van der Waals surface area contributed by atoms with Gasteiger partial charge in [-0.2, -0.15) is 17.0 Å². The number of nitrogens with zero attached hydrogens (tertiary/aromatic N) is 3. The van der Waals surface area contributed by atoms with Crippen molar-refractivity contribution in [3.8, 4) is 0 Å². The first-order valence-electron chi connectivity index (χ1n) is 7.67. The Bertz CT molecular complexity index is 392. The van der Waals surface area contributed by atoms with Crippen molar-refractivity contribution < 1.29 is 8.42 Å². The molecule has 0 aromatic carbocycles. The molecule has 0 N–H and O–H groups in total. The predicted molar refractivity (Wildman–Crippen MR) is 75.1 cm³/mol. The summed E-state index contributed by atoms with van der Waals surface area (Å²) in [6.07, 6.45) is 7.33. The Kier molecular flexibility index (Phi) is 4.12. The molecule has 0 spiro atoms. The van der Waals surface area contributed by atoms with Crippen molar-refractivity contribution >= 4 is 10.2 Å². The van der Waals surface area contributed by atoms with Gasteiger partial charge in [-0.1, -0.05) is 12.8 Å². The van der Waals surface area contributed by atoms with E-state index in [2.05, 4.69) is 4.90 Å². The van der Waals surface area contributed by atoms with Crippen LogP contribution >= 0.6 is 0 Å². The van der Waals surface area contributed by atoms with E-state index in [1.165, 1.54) is 25.7 Å². The normalized spacial score (nSPS) is 29.3. The van der Waals surface area contributed by atoms with E-state index in [0.717, 1.165) is 32.0 Å². The molecule has 5 nitrogen and oxygen atoms in total. The zero-order chi connectivity index (χ0) is 13.3. The van der Waals surface area contributed by atoms with Gasteiger partial charge in [0, 0.05) is 45.3 Å². The SMILES string of the molecule is O=S(=O)(N1CCCC1)N1CCN(C2CCCC2)CC1. The van der Waals surface area contributed by atoms with Gasteiger partial charge in [0.05, 0.1) is 0 Å². The van der Waals surface area contributed by atoms with Crippen LogP contribution in [0.4, 0.5) is 0 Å². The van der Waals surface area contributed by atoms with Gasteiger partial charge in [-0.25, -0.2) is 0 Å². The van der Waals surface area contributed by atoms with Crippen molar-refractivity contribution in [3.05, 3.63) is 0 Å². The maximum atomic E-state index is 12.4. The Morgan fingerprint density at radius 3 is 1.79 bits per heavy atom. The third kappa shape index (κ3) is 2.82. The highest BCUT2D eigenvalue weighted by Crippen LogP contribution is 2.25. The van der Waals surface area contributed by atoms with Gasteiger partial charge in [0.1, 0.15) is 0 Å². The van der Waals surface area contributed by atoms with Crippen molar-refractivity contribution in [1.82, 2.24) is 13.5 Å². The predicted octanol–water partition coefficient (Wildman–Crippen LogP) is 0.887. The molecular weight excluding hydrogens is 262 g/mol. The van der Waals surface area contributed by atoms with E-state index in [1.54, 1.807) is 8.61 Å². The second-order valence-electron chi connectivity index (χ2n) is 5.99. The molecule has 0 atom stereocenters. The third-order valence-electron chi connectivity index (χ3n) is 4.83. The zero-order valence-electron chi connectivity index (χ0n) is 11.6. The lowest BCUT2D eigenvalue weighted by atomic mass is 10.2. The smallest absolute Gasteiger partial charge is 0.282 e. The molecule has 3 fully saturated rings. The minimum atomic E-state index is -3.17. The second-order valence-corrected chi connectivity index (χ2v) is 7.92. The van der Waals surface area contributed by atoms with Crippen LogP contribution < -0.4 is 0 Å². The van der Waals surface area contributed by atoms with E-state index in [1.807, 2.05) is 0 Å². The van der Waals surface area contributed by atoms with Gasteiger partial charge in [0.15, 0.2) is 0 Å². The van der Waals surface area contributed by atoms with Crippen LogP contribution in [-0.4, -0.2) is 67.2 Å². The molecule has 0 amide bonds. The lowest BCUT2D eigenvalue weighted by Gasteiger charge is -2.38. The lowest BCUT2D eigenvalue weighted by molar-refractivity contribution is 0.135. The summed E-state index contributed by atoms with van der Waals surface area (Å²) in [6, 6.07) is 0.719. The van der Waals surface area contributed by atoms with E-state index in [9.17, 15) is 8.42 Å². The summed E-state index contributed by atoms with van der Waals surface area (Å²) in [5, 5.41) is 0. The highest BCUT2D eigenvalue weighted by Gasteiger charge is 2.35. The Labute approximate surface area is 116 Å². The van der Waals surface area contributed by atoms with Gasteiger partial charge in [0.2, 0.25) is 0 Å². The summed E-state index contributed by atoms with van der Waals surface area (Å²) >= 11 is 0. The first-order valence-corrected chi connectivity index (χ1v) is 9.07. The van der Waals surface area contributed by atoms with Gasteiger partial charge >= 0.3 is 0 Å². The van der Waals surface area contributed by atoms with Crippen LogP contribution in [0.2, 0.25) is 0 Å². The largest absolute Gasteiger partial charge is 0.298 e. The van der Waals surface area contributed by atoms with Gasteiger partial charge in [-0.15, -0.1) is 0 Å². The van der Waals surface area contributed by atoms with Crippen LogP contribution in [0, 0.1) is 0 Å². The van der Waals surface area contributed by atoms with Crippen molar-refractivity contribution in [3.63, 3.8) is 0 Å². The molecule has 0 aromatic rings. The molecule has 0 unspecified atom stereocenters. The molecule has 2 heterocycles. The highest BCUT2D eigenvalue weighted by atomic mass is 32.2. The fourth-order valence-corrected chi connectivity index (χ4v) is 5.32. The molecule has 2 saturated heterocycles. The van der Waals surface area contributed by atoms with Crippen LogP contribution in [0.3, 0.4) is 0 Å². The standard InChI is InChI=1S/C13H25N3O2S/c17-19(18,15-7-3-4-8-15)16-11-9-14(10-12-16)13-5-1-2-6-13/h13H,1-12H2. The maximum absolute atomic E-state index is 12.4. The quantitative estimate of drug-likeness (QED) is 0.774. The summed E-state index contributed by atoms with van der Waals surface area (Å²) in [5.74, 6) is 0. The first-order chi connectivity index (χ1) is 9.18. The van der Waals surface area contributed by atoms with E-state index >= 15 is 0 Å². The molecule has 1 saturated carbocycles. The molecule has 19 heavy (non-hydrogen) atoms. The van der Waals surface area contributed by atoms with Crippen molar-refractivity contribution in [2.45, 2.75) is 44.6 Å². The Balaban J connectivity index is 1.57. The molecule has 110 valence electrons. The van der Waals surface area contributed by atoms with Gasteiger partial charge in [-0.05, 0) is 25.7 Å². The van der Waals surface area contributed by atoms with Crippen LogP contribution in [-0.2, 0) is 10.2 Å². The summed E-state index contributed by atoms with van der Waals surface area (Å²) < 4.78 is 28.3. The molecule has 6 heteroatoms. The molecule has 0 aromatic heterocycles.